The van der Waals surface area contributed by atoms with Crippen LogP contribution in [0.1, 0.15) is 37.8 Å². The Morgan fingerprint density at radius 3 is 2.30 bits per heavy atom. The predicted octanol–water partition coefficient (Wildman–Crippen LogP) is 3.99. The number of fused-ring (bicyclic) bond motifs is 1. The molecule has 0 aliphatic heterocycles. The molecular weight excluding hydrogens is 272 g/mol. The van der Waals surface area contributed by atoms with E-state index in [0.717, 1.165) is 42.0 Å². The molecule has 20 heavy (non-hydrogen) atoms. The minimum Gasteiger partial charge on any atom is -0.282 e. The largest absolute Gasteiger partial charge is 0.294 e. The van der Waals surface area contributed by atoms with Crippen LogP contribution in [0, 0.1) is 0 Å². The van der Waals surface area contributed by atoms with Gasteiger partial charge in [-0.05, 0) is 46.9 Å². The van der Waals surface area contributed by atoms with Gasteiger partial charge in [-0.3, -0.25) is 4.55 Å². The summed E-state index contributed by atoms with van der Waals surface area (Å²) in [5.41, 5.74) is 2.24. The van der Waals surface area contributed by atoms with Crippen molar-refractivity contribution in [3.05, 3.63) is 41.5 Å². The standard InChI is InChI=1S/C16H20O3S/c1-3-5-12-7-8-14-11-15(20(17,18)19)10-13(6-4-2)16(14)9-12/h7-11H,3-6H2,1-2H3,(H,17,18,19). The second-order valence-corrected chi connectivity index (χ2v) is 6.53. The summed E-state index contributed by atoms with van der Waals surface area (Å²) in [6.45, 7) is 4.19. The van der Waals surface area contributed by atoms with Crippen molar-refractivity contribution in [2.24, 2.45) is 0 Å². The van der Waals surface area contributed by atoms with E-state index in [9.17, 15) is 13.0 Å². The van der Waals surface area contributed by atoms with Gasteiger partial charge in [-0.1, -0.05) is 44.9 Å². The van der Waals surface area contributed by atoms with Crippen LogP contribution in [-0.2, 0) is 23.0 Å². The van der Waals surface area contributed by atoms with Gasteiger partial charge in [0.2, 0.25) is 0 Å². The van der Waals surface area contributed by atoms with Crippen LogP contribution in [0.2, 0.25) is 0 Å². The fourth-order valence-electron chi connectivity index (χ4n) is 2.52. The molecule has 0 radical (unpaired) electrons. The van der Waals surface area contributed by atoms with E-state index in [4.69, 9.17) is 0 Å². The molecule has 0 amide bonds. The maximum absolute atomic E-state index is 11.4. The quantitative estimate of drug-likeness (QED) is 0.848. The maximum atomic E-state index is 11.4. The number of benzene rings is 2. The molecule has 0 fully saturated rings. The first-order valence-electron chi connectivity index (χ1n) is 6.98. The molecule has 0 bridgehead atoms. The molecule has 0 atom stereocenters. The summed E-state index contributed by atoms with van der Waals surface area (Å²) in [5.74, 6) is 0. The Hall–Kier alpha value is -1.39. The minimum atomic E-state index is -4.16. The molecular formula is C16H20O3S. The molecule has 2 rings (SSSR count). The second kappa shape index (κ2) is 5.94. The molecule has 108 valence electrons. The summed E-state index contributed by atoms with van der Waals surface area (Å²) >= 11 is 0. The molecule has 0 unspecified atom stereocenters. The van der Waals surface area contributed by atoms with E-state index in [2.05, 4.69) is 19.9 Å². The SMILES string of the molecule is CCCc1ccc2cc(S(=O)(=O)O)cc(CCC)c2c1. The zero-order chi connectivity index (χ0) is 14.8. The van der Waals surface area contributed by atoms with E-state index in [1.54, 1.807) is 12.1 Å². The highest BCUT2D eigenvalue weighted by molar-refractivity contribution is 7.85. The van der Waals surface area contributed by atoms with Gasteiger partial charge in [0, 0.05) is 0 Å². The zero-order valence-electron chi connectivity index (χ0n) is 11.9. The molecule has 0 aromatic heterocycles. The summed E-state index contributed by atoms with van der Waals surface area (Å²) in [6.07, 6.45) is 3.83. The molecule has 3 nitrogen and oxygen atoms in total. The first-order chi connectivity index (χ1) is 9.45. The second-order valence-electron chi connectivity index (χ2n) is 5.11. The third-order valence-electron chi connectivity index (χ3n) is 3.43. The molecule has 2 aromatic carbocycles. The molecule has 0 aliphatic rings. The Morgan fingerprint density at radius 2 is 1.70 bits per heavy atom. The molecule has 4 heteroatoms. The molecule has 0 saturated heterocycles. The van der Waals surface area contributed by atoms with E-state index in [-0.39, 0.29) is 4.90 Å². The topological polar surface area (TPSA) is 54.4 Å². The van der Waals surface area contributed by atoms with Gasteiger partial charge in [0.1, 0.15) is 0 Å². The van der Waals surface area contributed by atoms with Gasteiger partial charge in [0.25, 0.3) is 10.1 Å². The molecule has 0 heterocycles. The average Bonchev–Trinajstić information content (AvgIpc) is 2.38. The summed E-state index contributed by atoms with van der Waals surface area (Å²) < 4.78 is 32.0. The lowest BCUT2D eigenvalue weighted by Gasteiger charge is -2.10. The van der Waals surface area contributed by atoms with Crippen molar-refractivity contribution in [3.8, 4) is 0 Å². The lowest BCUT2D eigenvalue weighted by atomic mass is 9.98. The Balaban J connectivity index is 2.68. The van der Waals surface area contributed by atoms with Crippen LogP contribution in [0.25, 0.3) is 10.8 Å². The van der Waals surface area contributed by atoms with E-state index >= 15 is 0 Å². The van der Waals surface area contributed by atoms with Gasteiger partial charge >= 0.3 is 0 Å². The van der Waals surface area contributed by atoms with Crippen molar-refractivity contribution >= 4 is 20.9 Å². The Bertz CT molecular complexity index is 718. The van der Waals surface area contributed by atoms with Crippen molar-refractivity contribution in [2.45, 2.75) is 44.4 Å². The van der Waals surface area contributed by atoms with Crippen molar-refractivity contribution in [2.75, 3.05) is 0 Å². The smallest absolute Gasteiger partial charge is 0.282 e. The van der Waals surface area contributed by atoms with Crippen molar-refractivity contribution < 1.29 is 13.0 Å². The van der Waals surface area contributed by atoms with Gasteiger partial charge in [-0.25, -0.2) is 0 Å². The highest BCUT2D eigenvalue weighted by atomic mass is 32.2. The number of rotatable bonds is 5. The van der Waals surface area contributed by atoms with Gasteiger partial charge in [-0.15, -0.1) is 0 Å². The summed E-state index contributed by atoms with van der Waals surface area (Å²) in [6, 6.07) is 9.23. The van der Waals surface area contributed by atoms with E-state index in [1.807, 2.05) is 12.1 Å². The highest BCUT2D eigenvalue weighted by Crippen LogP contribution is 2.26. The molecule has 2 aromatic rings. The van der Waals surface area contributed by atoms with E-state index < -0.39 is 10.1 Å². The van der Waals surface area contributed by atoms with Crippen molar-refractivity contribution in [1.82, 2.24) is 0 Å². The van der Waals surface area contributed by atoms with Crippen molar-refractivity contribution in [3.63, 3.8) is 0 Å². The van der Waals surface area contributed by atoms with Crippen LogP contribution in [-0.4, -0.2) is 13.0 Å². The summed E-state index contributed by atoms with van der Waals surface area (Å²) in [7, 11) is -4.16. The molecule has 1 N–H and O–H groups in total. The van der Waals surface area contributed by atoms with Crippen LogP contribution in [0.3, 0.4) is 0 Å². The first kappa shape index (κ1) is 15.0. The summed E-state index contributed by atoms with van der Waals surface area (Å²) in [5, 5.41) is 1.95. The predicted molar refractivity (Wildman–Crippen MR) is 81.8 cm³/mol. The Kier molecular flexibility index (Phi) is 4.45. The fraction of sp³-hybridized carbons (Fsp3) is 0.375. The van der Waals surface area contributed by atoms with Gasteiger partial charge in [0.15, 0.2) is 0 Å². The normalized spacial score (nSPS) is 11.9. The highest BCUT2D eigenvalue weighted by Gasteiger charge is 2.13. The molecule has 0 spiro atoms. The number of hydrogen-bond acceptors (Lipinski definition) is 2. The van der Waals surface area contributed by atoms with Crippen LogP contribution in [0.15, 0.2) is 35.2 Å². The minimum absolute atomic E-state index is 0.0170. The first-order valence-corrected chi connectivity index (χ1v) is 8.42. The van der Waals surface area contributed by atoms with Crippen molar-refractivity contribution in [1.29, 1.82) is 0 Å². The van der Waals surface area contributed by atoms with E-state index in [1.165, 1.54) is 5.56 Å². The zero-order valence-corrected chi connectivity index (χ0v) is 12.7. The van der Waals surface area contributed by atoms with Crippen LogP contribution in [0.4, 0.5) is 0 Å². The fourth-order valence-corrected chi connectivity index (χ4v) is 3.09. The third kappa shape index (κ3) is 3.19. The monoisotopic (exact) mass is 292 g/mol. The Labute approximate surface area is 120 Å². The van der Waals surface area contributed by atoms with Crippen LogP contribution in [0.5, 0.6) is 0 Å². The van der Waals surface area contributed by atoms with Gasteiger partial charge in [0.05, 0.1) is 4.90 Å². The van der Waals surface area contributed by atoms with Gasteiger partial charge < -0.3 is 0 Å². The van der Waals surface area contributed by atoms with Crippen LogP contribution >= 0.6 is 0 Å². The average molecular weight is 292 g/mol. The maximum Gasteiger partial charge on any atom is 0.294 e. The molecule has 0 saturated carbocycles. The third-order valence-corrected chi connectivity index (χ3v) is 4.27. The number of hydrogen-bond donors (Lipinski definition) is 1. The summed E-state index contributed by atoms with van der Waals surface area (Å²) in [4.78, 5) is -0.0170. The lowest BCUT2D eigenvalue weighted by molar-refractivity contribution is 0.483. The number of aryl methyl sites for hydroxylation is 2. The van der Waals surface area contributed by atoms with E-state index in [0.29, 0.717) is 0 Å². The van der Waals surface area contributed by atoms with Crippen LogP contribution < -0.4 is 0 Å². The Morgan fingerprint density at radius 1 is 1.00 bits per heavy atom. The lowest BCUT2D eigenvalue weighted by Crippen LogP contribution is -2.00. The molecule has 0 aliphatic carbocycles. The van der Waals surface area contributed by atoms with Gasteiger partial charge in [-0.2, -0.15) is 8.42 Å².